The van der Waals surface area contributed by atoms with E-state index in [0.29, 0.717) is 6.42 Å². The van der Waals surface area contributed by atoms with Gasteiger partial charge in [-0.1, -0.05) is 63.2 Å². The molecule has 0 bridgehead atoms. The molecule has 2 aromatic carbocycles. The fourth-order valence-corrected chi connectivity index (χ4v) is 3.07. The Balaban J connectivity index is 2.31. The molecule has 2 atom stereocenters. The smallest absolute Gasteiger partial charge is 0.230 e. The van der Waals surface area contributed by atoms with Crippen molar-refractivity contribution in [3.63, 3.8) is 0 Å². The maximum atomic E-state index is 13.4. The lowest BCUT2D eigenvalue weighted by atomic mass is 9.73. The molecule has 0 aliphatic rings. The average molecular weight is 371 g/mol. The number of aliphatic hydroxyl groups is 1. The van der Waals surface area contributed by atoms with E-state index in [0.717, 1.165) is 17.5 Å². The summed E-state index contributed by atoms with van der Waals surface area (Å²) in [5.41, 5.74) is 0.877. The largest absolute Gasteiger partial charge is 0.394 e. The number of benzene rings is 2. The van der Waals surface area contributed by atoms with E-state index >= 15 is 0 Å². The predicted molar refractivity (Wildman–Crippen MR) is 107 cm³/mol. The van der Waals surface area contributed by atoms with Gasteiger partial charge in [0.25, 0.3) is 0 Å². The zero-order chi connectivity index (χ0) is 20.1. The standard InChI is InChI=1S/C23H30FNO2/c1-22(2,3)14-15-23(4,18-10-12-19(24)13-11-18)21(27)25-20(16-26)17-8-6-5-7-9-17/h5-13,20,26H,14-16H2,1-4H3,(H,25,27)/t20-,23+/m0/s1. The highest BCUT2D eigenvalue weighted by molar-refractivity contribution is 5.88. The lowest BCUT2D eigenvalue weighted by molar-refractivity contribution is -0.127. The molecule has 2 N–H and O–H groups in total. The van der Waals surface area contributed by atoms with Gasteiger partial charge in [-0.3, -0.25) is 4.79 Å². The van der Waals surface area contributed by atoms with Crippen LogP contribution in [0.4, 0.5) is 4.39 Å². The number of hydrogen-bond donors (Lipinski definition) is 2. The fourth-order valence-electron chi connectivity index (χ4n) is 3.07. The van der Waals surface area contributed by atoms with Crippen LogP contribution in [0.3, 0.4) is 0 Å². The molecule has 0 spiro atoms. The summed E-state index contributed by atoms with van der Waals surface area (Å²) in [6.45, 7) is 8.11. The van der Waals surface area contributed by atoms with Crippen LogP contribution in [0.25, 0.3) is 0 Å². The fraction of sp³-hybridized carbons (Fsp3) is 0.435. The van der Waals surface area contributed by atoms with E-state index in [4.69, 9.17) is 0 Å². The molecule has 0 aliphatic carbocycles. The van der Waals surface area contributed by atoms with Crippen LogP contribution in [-0.4, -0.2) is 17.6 Å². The van der Waals surface area contributed by atoms with Crippen LogP contribution >= 0.6 is 0 Å². The monoisotopic (exact) mass is 371 g/mol. The highest BCUT2D eigenvalue weighted by Gasteiger charge is 2.37. The first-order valence-electron chi connectivity index (χ1n) is 9.38. The number of nitrogens with one attached hydrogen (secondary N) is 1. The third kappa shape index (κ3) is 5.64. The molecular weight excluding hydrogens is 341 g/mol. The molecule has 2 aromatic rings. The van der Waals surface area contributed by atoms with Gasteiger partial charge in [-0.15, -0.1) is 0 Å². The molecule has 0 fully saturated rings. The number of rotatable bonds is 7. The summed E-state index contributed by atoms with van der Waals surface area (Å²) in [6.07, 6.45) is 1.46. The van der Waals surface area contributed by atoms with Crippen LogP contribution in [0.15, 0.2) is 54.6 Å². The summed E-state index contributed by atoms with van der Waals surface area (Å²) in [7, 11) is 0. The average Bonchev–Trinajstić information content (AvgIpc) is 2.64. The molecule has 1 amide bonds. The molecule has 0 heterocycles. The first-order valence-corrected chi connectivity index (χ1v) is 9.38. The summed E-state index contributed by atoms with van der Waals surface area (Å²) in [4.78, 5) is 13.3. The van der Waals surface area contributed by atoms with Gasteiger partial charge < -0.3 is 10.4 Å². The number of halogens is 1. The Bertz CT molecular complexity index is 737. The maximum Gasteiger partial charge on any atom is 0.230 e. The molecule has 0 saturated carbocycles. The summed E-state index contributed by atoms with van der Waals surface area (Å²) in [5, 5.41) is 12.8. The Kier molecular flexibility index (Phi) is 6.77. The van der Waals surface area contributed by atoms with Crippen LogP contribution in [-0.2, 0) is 10.2 Å². The van der Waals surface area contributed by atoms with Crippen molar-refractivity contribution in [3.05, 3.63) is 71.5 Å². The summed E-state index contributed by atoms with van der Waals surface area (Å²) >= 11 is 0. The van der Waals surface area contributed by atoms with Gasteiger partial charge in [0.15, 0.2) is 0 Å². The van der Waals surface area contributed by atoms with Crippen molar-refractivity contribution in [2.45, 2.75) is 52.0 Å². The molecule has 27 heavy (non-hydrogen) atoms. The SMILES string of the molecule is CC(C)(C)CC[C@@](C)(C(=O)N[C@@H](CO)c1ccccc1)c1ccc(F)cc1. The zero-order valence-corrected chi connectivity index (χ0v) is 16.6. The lowest BCUT2D eigenvalue weighted by Crippen LogP contribution is -2.45. The van der Waals surface area contributed by atoms with Crippen molar-refractivity contribution in [2.24, 2.45) is 5.41 Å². The van der Waals surface area contributed by atoms with Crippen LogP contribution in [0.2, 0.25) is 0 Å². The Labute approximate surface area is 161 Å². The van der Waals surface area contributed by atoms with Gasteiger partial charge in [0.2, 0.25) is 5.91 Å². The molecule has 4 heteroatoms. The second kappa shape index (κ2) is 8.66. The second-order valence-corrected chi connectivity index (χ2v) is 8.52. The van der Waals surface area contributed by atoms with Crippen molar-refractivity contribution in [1.82, 2.24) is 5.32 Å². The molecular formula is C23H30FNO2. The minimum absolute atomic E-state index is 0.0668. The first kappa shape index (κ1) is 21.1. The van der Waals surface area contributed by atoms with E-state index in [9.17, 15) is 14.3 Å². The molecule has 0 unspecified atom stereocenters. The summed E-state index contributed by atoms with van der Waals surface area (Å²) in [6, 6.07) is 15.1. The van der Waals surface area contributed by atoms with E-state index in [1.807, 2.05) is 37.3 Å². The van der Waals surface area contributed by atoms with Gasteiger partial charge in [0, 0.05) is 0 Å². The van der Waals surface area contributed by atoms with Crippen molar-refractivity contribution >= 4 is 5.91 Å². The molecule has 0 aliphatic heterocycles. The minimum Gasteiger partial charge on any atom is -0.394 e. The van der Waals surface area contributed by atoms with Gasteiger partial charge in [-0.2, -0.15) is 0 Å². The van der Waals surface area contributed by atoms with Gasteiger partial charge in [0.1, 0.15) is 5.82 Å². The highest BCUT2D eigenvalue weighted by atomic mass is 19.1. The normalized spacial score (nSPS) is 15.0. The van der Waals surface area contributed by atoms with Gasteiger partial charge in [0.05, 0.1) is 18.1 Å². The van der Waals surface area contributed by atoms with E-state index in [1.165, 1.54) is 12.1 Å². The third-order valence-corrected chi connectivity index (χ3v) is 5.05. The van der Waals surface area contributed by atoms with E-state index in [2.05, 4.69) is 26.1 Å². The zero-order valence-electron chi connectivity index (χ0n) is 16.6. The van der Waals surface area contributed by atoms with Crippen molar-refractivity contribution < 1.29 is 14.3 Å². The molecule has 146 valence electrons. The molecule has 0 radical (unpaired) electrons. The second-order valence-electron chi connectivity index (χ2n) is 8.52. The molecule has 2 rings (SSSR count). The van der Waals surface area contributed by atoms with Gasteiger partial charge in [-0.25, -0.2) is 4.39 Å². The highest BCUT2D eigenvalue weighted by Crippen LogP contribution is 2.35. The van der Waals surface area contributed by atoms with Gasteiger partial charge >= 0.3 is 0 Å². The predicted octanol–water partition coefficient (Wildman–Crippen LogP) is 4.76. The number of carbonyl (C=O) groups is 1. The van der Waals surface area contributed by atoms with Crippen LogP contribution in [0.5, 0.6) is 0 Å². The number of aliphatic hydroxyl groups excluding tert-OH is 1. The maximum absolute atomic E-state index is 13.4. The summed E-state index contributed by atoms with van der Waals surface area (Å²) in [5.74, 6) is -0.490. The first-order chi connectivity index (χ1) is 12.7. The molecule has 3 nitrogen and oxygen atoms in total. The minimum atomic E-state index is -0.816. The summed E-state index contributed by atoms with van der Waals surface area (Å²) < 4.78 is 13.4. The van der Waals surface area contributed by atoms with Crippen LogP contribution in [0.1, 0.15) is 57.7 Å². The van der Waals surface area contributed by atoms with Gasteiger partial charge in [-0.05, 0) is 48.4 Å². The quantitative estimate of drug-likeness (QED) is 0.737. The van der Waals surface area contributed by atoms with E-state index in [-0.39, 0.29) is 23.7 Å². The number of amides is 1. The van der Waals surface area contributed by atoms with Crippen LogP contribution < -0.4 is 5.32 Å². The van der Waals surface area contributed by atoms with E-state index < -0.39 is 11.5 Å². The Morgan fingerprint density at radius 1 is 1.00 bits per heavy atom. The lowest BCUT2D eigenvalue weighted by Gasteiger charge is -2.33. The Morgan fingerprint density at radius 3 is 2.11 bits per heavy atom. The topological polar surface area (TPSA) is 49.3 Å². The molecule has 0 saturated heterocycles. The molecule has 0 aromatic heterocycles. The third-order valence-electron chi connectivity index (χ3n) is 5.05. The van der Waals surface area contributed by atoms with Crippen LogP contribution in [0, 0.1) is 11.2 Å². The van der Waals surface area contributed by atoms with E-state index in [1.54, 1.807) is 12.1 Å². The number of hydrogen-bond acceptors (Lipinski definition) is 2. The van der Waals surface area contributed by atoms with Crippen molar-refractivity contribution in [3.8, 4) is 0 Å². The number of carbonyl (C=O) groups excluding carboxylic acids is 1. The van der Waals surface area contributed by atoms with Crippen molar-refractivity contribution in [2.75, 3.05) is 6.61 Å². The van der Waals surface area contributed by atoms with Crippen molar-refractivity contribution in [1.29, 1.82) is 0 Å². The Morgan fingerprint density at radius 2 is 1.59 bits per heavy atom. The Hall–Kier alpha value is -2.20.